The normalized spacial score (nSPS) is 17.8. The maximum atomic E-state index is 13.9. The zero-order valence-corrected chi connectivity index (χ0v) is 18.4. The third kappa shape index (κ3) is 3.63. The van der Waals surface area contributed by atoms with E-state index in [-0.39, 0.29) is 38.4 Å². The molecular weight excluding hydrogens is 460 g/mol. The summed E-state index contributed by atoms with van der Waals surface area (Å²) >= 11 is 12.4. The Bertz CT molecular complexity index is 1260. The van der Waals surface area contributed by atoms with Gasteiger partial charge < -0.3 is 14.3 Å². The molecule has 1 atom stereocenters. The number of aliphatic hydroxyl groups excluding tert-OH is 1. The topological polar surface area (TPSA) is 80.0 Å². The van der Waals surface area contributed by atoms with Crippen LogP contribution in [0, 0.1) is 12.7 Å². The Morgan fingerprint density at radius 2 is 1.81 bits per heavy atom. The van der Waals surface area contributed by atoms with E-state index in [1.54, 1.807) is 19.1 Å². The molecule has 0 aliphatic carbocycles. The molecule has 1 aliphatic heterocycles. The fourth-order valence-corrected chi connectivity index (χ4v) is 4.28. The number of benzene rings is 2. The first-order valence-electron chi connectivity index (χ1n) is 9.39. The Morgan fingerprint density at radius 1 is 1.12 bits per heavy atom. The van der Waals surface area contributed by atoms with Gasteiger partial charge in [-0.25, -0.2) is 4.39 Å². The van der Waals surface area contributed by atoms with Crippen LogP contribution in [-0.2, 0) is 9.59 Å². The Kier molecular flexibility index (Phi) is 5.71. The molecule has 1 fully saturated rings. The molecule has 6 nitrogen and oxygen atoms in total. The number of rotatable bonds is 4. The fraction of sp³-hybridized carbons (Fsp3) is 0.130. The van der Waals surface area contributed by atoms with Crippen molar-refractivity contribution in [3.05, 3.63) is 87.1 Å². The van der Waals surface area contributed by atoms with Gasteiger partial charge in [-0.3, -0.25) is 14.5 Å². The number of ketones is 1. The third-order valence-corrected chi connectivity index (χ3v) is 5.60. The molecule has 3 aromatic rings. The lowest BCUT2D eigenvalue weighted by Crippen LogP contribution is -2.29. The van der Waals surface area contributed by atoms with Gasteiger partial charge in [0.05, 0.1) is 22.7 Å². The predicted octanol–water partition coefficient (Wildman–Crippen LogP) is 5.67. The van der Waals surface area contributed by atoms with Crippen molar-refractivity contribution in [3.8, 4) is 5.75 Å². The largest absolute Gasteiger partial charge is 0.507 e. The highest BCUT2D eigenvalue weighted by Crippen LogP contribution is 2.44. The van der Waals surface area contributed by atoms with Gasteiger partial charge in [0.2, 0.25) is 0 Å². The standard InChI is InChI=1S/C23H16Cl2FNO5/c1-11-6-7-17(32-11)19-18(20(28)12-8-15(24)22(31-2)16(25)9-12)21(29)23(30)27(19)14-5-3-4-13(26)10-14/h3-10,19,28H,1-2H3/b20-18-. The molecule has 2 aromatic carbocycles. The van der Waals surface area contributed by atoms with Crippen molar-refractivity contribution in [2.45, 2.75) is 13.0 Å². The van der Waals surface area contributed by atoms with Gasteiger partial charge in [0.1, 0.15) is 29.1 Å². The van der Waals surface area contributed by atoms with Crippen molar-refractivity contribution in [2.24, 2.45) is 0 Å². The molecular formula is C23H16Cl2FNO5. The second-order valence-electron chi connectivity index (χ2n) is 7.07. The van der Waals surface area contributed by atoms with E-state index in [4.69, 9.17) is 32.4 Å². The van der Waals surface area contributed by atoms with Crippen molar-refractivity contribution in [3.63, 3.8) is 0 Å². The molecule has 1 aliphatic rings. The quantitative estimate of drug-likeness (QED) is 0.298. The number of anilines is 1. The molecule has 164 valence electrons. The van der Waals surface area contributed by atoms with Crippen LogP contribution in [0.5, 0.6) is 5.75 Å². The number of hydrogen-bond acceptors (Lipinski definition) is 5. The summed E-state index contributed by atoms with van der Waals surface area (Å²) in [5.41, 5.74) is -0.00627. The molecule has 0 spiro atoms. The van der Waals surface area contributed by atoms with E-state index in [2.05, 4.69) is 0 Å². The van der Waals surface area contributed by atoms with Gasteiger partial charge in [-0.1, -0.05) is 29.3 Å². The van der Waals surface area contributed by atoms with Gasteiger partial charge in [-0.15, -0.1) is 0 Å². The Labute approximate surface area is 192 Å². The number of ether oxygens (including phenoxy) is 1. The molecule has 0 saturated carbocycles. The molecule has 32 heavy (non-hydrogen) atoms. The number of aryl methyl sites for hydroxylation is 1. The van der Waals surface area contributed by atoms with Gasteiger partial charge in [0, 0.05) is 11.3 Å². The van der Waals surface area contributed by atoms with Crippen molar-refractivity contribution in [2.75, 3.05) is 12.0 Å². The van der Waals surface area contributed by atoms with Gasteiger partial charge >= 0.3 is 0 Å². The SMILES string of the molecule is COc1c(Cl)cc(/C(O)=C2/C(=O)C(=O)N(c3cccc(F)c3)C2c2ccc(C)o2)cc1Cl. The lowest BCUT2D eigenvalue weighted by atomic mass is 9.99. The molecule has 1 aromatic heterocycles. The lowest BCUT2D eigenvalue weighted by molar-refractivity contribution is -0.132. The smallest absolute Gasteiger partial charge is 0.300 e. The average Bonchev–Trinajstić information content (AvgIpc) is 3.28. The Balaban J connectivity index is 1.95. The number of Topliss-reactive ketones (excluding diaryl/α,β-unsaturated/α-hetero) is 1. The van der Waals surface area contributed by atoms with Gasteiger partial charge in [0.15, 0.2) is 5.75 Å². The number of furan rings is 1. The summed E-state index contributed by atoms with van der Waals surface area (Å²) in [6, 6.07) is 10.1. The maximum Gasteiger partial charge on any atom is 0.300 e. The Hall–Kier alpha value is -3.29. The first-order valence-corrected chi connectivity index (χ1v) is 10.1. The van der Waals surface area contributed by atoms with Crippen LogP contribution in [0.1, 0.15) is 23.1 Å². The number of halogens is 3. The van der Waals surface area contributed by atoms with Crippen LogP contribution in [0.15, 0.2) is 58.5 Å². The highest BCUT2D eigenvalue weighted by molar-refractivity contribution is 6.51. The zero-order chi connectivity index (χ0) is 23.2. The maximum absolute atomic E-state index is 13.9. The van der Waals surface area contributed by atoms with Crippen LogP contribution in [0.3, 0.4) is 0 Å². The first kappa shape index (κ1) is 21.9. The van der Waals surface area contributed by atoms with Crippen molar-refractivity contribution in [1.82, 2.24) is 0 Å². The molecule has 4 rings (SSSR count). The number of carbonyl (C=O) groups is 2. The monoisotopic (exact) mass is 475 g/mol. The molecule has 0 radical (unpaired) electrons. The highest BCUT2D eigenvalue weighted by atomic mass is 35.5. The summed E-state index contributed by atoms with van der Waals surface area (Å²) in [6.45, 7) is 1.70. The van der Waals surface area contributed by atoms with Crippen LogP contribution in [-0.4, -0.2) is 23.9 Å². The Morgan fingerprint density at radius 3 is 2.38 bits per heavy atom. The number of hydrogen-bond donors (Lipinski definition) is 1. The van der Waals surface area contributed by atoms with Gasteiger partial charge in [-0.05, 0) is 49.4 Å². The van der Waals surface area contributed by atoms with E-state index in [0.717, 1.165) is 11.0 Å². The van der Waals surface area contributed by atoms with E-state index in [1.165, 1.54) is 37.4 Å². The number of aliphatic hydroxyl groups is 1. The molecule has 0 bridgehead atoms. The minimum Gasteiger partial charge on any atom is -0.507 e. The first-order chi connectivity index (χ1) is 15.2. The summed E-state index contributed by atoms with van der Waals surface area (Å²) in [5, 5.41) is 11.3. The summed E-state index contributed by atoms with van der Waals surface area (Å²) in [7, 11) is 1.39. The summed E-state index contributed by atoms with van der Waals surface area (Å²) in [4.78, 5) is 27.1. The van der Waals surface area contributed by atoms with E-state index in [9.17, 15) is 19.1 Å². The van der Waals surface area contributed by atoms with Crippen LogP contribution < -0.4 is 9.64 Å². The minimum atomic E-state index is -1.13. The van der Waals surface area contributed by atoms with Crippen LogP contribution in [0.4, 0.5) is 10.1 Å². The molecule has 1 saturated heterocycles. The predicted molar refractivity (Wildman–Crippen MR) is 118 cm³/mol. The molecule has 1 amide bonds. The molecule has 2 heterocycles. The summed E-state index contributed by atoms with van der Waals surface area (Å²) < 4.78 is 24.7. The molecule has 1 N–H and O–H groups in total. The highest BCUT2D eigenvalue weighted by Gasteiger charge is 2.48. The number of nitrogens with zero attached hydrogens (tertiary/aromatic N) is 1. The van der Waals surface area contributed by atoms with E-state index >= 15 is 0 Å². The van der Waals surface area contributed by atoms with E-state index in [0.29, 0.717) is 5.76 Å². The molecule has 9 heteroatoms. The van der Waals surface area contributed by atoms with Gasteiger partial charge in [0.25, 0.3) is 11.7 Å². The van der Waals surface area contributed by atoms with Crippen LogP contribution >= 0.6 is 23.2 Å². The van der Waals surface area contributed by atoms with Crippen molar-refractivity contribution in [1.29, 1.82) is 0 Å². The third-order valence-electron chi connectivity index (χ3n) is 5.04. The second kappa shape index (κ2) is 8.33. The van der Waals surface area contributed by atoms with Crippen molar-refractivity contribution >= 4 is 46.3 Å². The number of amides is 1. The summed E-state index contributed by atoms with van der Waals surface area (Å²) in [5.74, 6) is -2.06. The van der Waals surface area contributed by atoms with Crippen LogP contribution in [0.2, 0.25) is 10.0 Å². The fourth-order valence-electron chi connectivity index (χ4n) is 3.64. The zero-order valence-electron chi connectivity index (χ0n) is 16.9. The number of methoxy groups -OCH3 is 1. The van der Waals surface area contributed by atoms with Crippen LogP contribution in [0.25, 0.3) is 5.76 Å². The summed E-state index contributed by atoms with van der Waals surface area (Å²) in [6.07, 6.45) is 0. The minimum absolute atomic E-state index is 0.103. The van der Waals surface area contributed by atoms with Gasteiger partial charge in [-0.2, -0.15) is 0 Å². The van der Waals surface area contributed by atoms with Crippen molar-refractivity contribution < 1.29 is 28.2 Å². The van der Waals surface area contributed by atoms with E-state index < -0.39 is 29.3 Å². The average molecular weight is 476 g/mol. The second-order valence-corrected chi connectivity index (χ2v) is 7.88. The lowest BCUT2D eigenvalue weighted by Gasteiger charge is -2.23. The number of carbonyl (C=O) groups excluding carboxylic acids is 2. The van der Waals surface area contributed by atoms with E-state index in [1.807, 2.05) is 0 Å². The molecule has 1 unspecified atom stereocenters.